The van der Waals surface area contributed by atoms with Crippen LogP contribution in [-0.4, -0.2) is 6.54 Å². The quantitative estimate of drug-likeness (QED) is 0.628. The highest BCUT2D eigenvalue weighted by atomic mass is 32.1. The molecule has 3 rings (SSSR count). The van der Waals surface area contributed by atoms with Crippen molar-refractivity contribution in [2.24, 2.45) is 0 Å². The Morgan fingerprint density at radius 3 is 2.76 bits per heavy atom. The van der Waals surface area contributed by atoms with E-state index in [2.05, 4.69) is 60.9 Å². The number of thiophene rings is 2. The fourth-order valence-corrected chi connectivity index (χ4v) is 4.57. The van der Waals surface area contributed by atoms with Gasteiger partial charge in [0.25, 0.3) is 0 Å². The van der Waals surface area contributed by atoms with Crippen molar-refractivity contribution in [3.63, 3.8) is 0 Å². The number of hydrogen-bond acceptors (Lipinski definition) is 3. The molecule has 1 N–H and O–H groups in total. The zero-order valence-electron chi connectivity index (χ0n) is 12.6. The lowest BCUT2D eigenvalue weighted by molar-refractivity contribution is 0.538. The lowest BCUT2D eigenvalue weighted by Crippen LogP contribution is -2.23. The van der Waals surface area contributed by atoms with Crippen LogP contribution >= 0.6 is 22.7 Å². The minimum atomic E-state index is 0.432. The smallest absolute Gasteiger partial charge is 0.0456 e. The fraction of sp³-hybridized carbons (Fsp3) is 0.333. The summed E-state index contributed by atoms with van der Waals surface area (Å²) in [7, 11) is 0. The van der Waals surface area contributed by atoms with Gasteiger partial charge in [-0.2, -0.15) is 0 Å². The summed E-state index contributed by atoms with van der Waals surface area (Å²) in [5.74, 6) is 0. The van der Waals surface area contributed by atoms with Crippen LogP contribution in [0, 0.1) is 6.92 Å². The number of aryl methyl sites for hydroxylation is 1. The van der Waals surface area contributed by atoms with Gasteiger partial charge >= 0.3 is 0 Å². The van der Waals surface area contributed by atoms with E-state index in [4.69, 9.17) is 0 Å². The molecule has 0 saturated heterocycles. The Morgan fingerprint density at radius 2 is 2.00 bits per heavy atom. The molecule has 0 fully saturated rings. The summed E-state index contributed by atoms with van der Waals surface area (Å²) in [6.45, 7) is 5.48. The maximum Gasteiger partial charge on any atom is 0.0456 e. The Balaban J connectivity index is 1.87. The predicted octanol–water partition coefficient (Wildman–Crippen LogP) is 5.55. The van der Waals surface area contributed by atoms with E-state index in [1.165, 1.54) is 31.8 Å². The van der Waals surface area contributed by atoms with Gasteiger partial charge < -0.3 is 5.32 Å². The number of benzene rings is 1. The molecule has 1 atom stereocenters. The molecular formula is C18H21NS2. The maximum atomic E-state index is 3.72. The molecule has 1 unspecified atom stereocenters. The Hall–Kier alpha value is -1.16. The second-order valence-electron chi connectivity index (χ2n) is 5.42. The molecule has 1 nitrogen and oxygen atoms in total. The zero-order chi connectivity index (χ0) is 14.7. The Kier molecular flexibility index (Phi) is 4.73. The van der Waals surface area contributed by atoms with Gasteiger partial charge in [0.1, 0.15) is 0 Å². The van der Waals surface area contributed by atoms with Gasteiger partial charge in [0.15, 0.2) is 0 Å². The van der Waals surface area contributed by atoms with Crippen LogP contribution in [0.2, 0.25) is 0 Å². The minimum Gasteiger partial charge on any atom is -0.309 e. The van der Waals surface area contributed by atoms with Gasteiger partial charge in [-0.15, -0.1) is 22.7 Å². The van der Waals surface area contributed by atoms with Crippen molar-refractivity contribution >= 4 is 32.8 Å². The van der Waals surface area contributed by atoms with Gasteiger partial charge in [-0.05, 0) is 60.8 Å². The van der Waals surface area contributed by atoms with Gasteiger partial charge in [0, 0.05) is 20.5 Å². The lowest BCUT2D eigenvalue weighted by Gasteiger charge is -2.17. The molecule has 0 spiro atoms. The van der Waals surface area contributed by atoms with E-state index in [1.54, 1.807) is 0 Å². The highest BCUT2D eigenvalue weighted by Gasteiger charge is 2.15. The normalized spacial score (nSPS) is 12.9. The largest absolute Gasteiger partial charge is 0.309 e. The third kappa shape index (κ3) is 3.37. The zero-order valence-corrected chi connectivity index (χ0v) is 14.2. The number of nitrogens with one attached hydrogen (secondary N) is 1. The molecular weight excluding hydrogens is 294 g/mol. The van der Waals surface area contributed by atoms with E-state index in [1.807, 2.05) is 22.7 Å². The average Bonchev–Trinajstić information content (AvgIpc) is 3.10. The van der Waals surface area contributed by atoms with E-state index in [-0.39, 0.29) is 0 Å². The highest BCUT2D eigenvalue weighted by Crippen LogP contribution is 2.31. The molecule has 0 bridgehead atoms. The summed E-state index contributed by atoms with van der Waals surface area (Å²) in [4.78, 5) is 2.85. The molecule has 110 valence electrons. The summed E-state index contributed by atoms with van der Waals surface area (Å²) < 4.78 is 1.39. The minimum absolute atomic E-state index is 0.432. The second-order valence-corrected chi connectivity index (χ2v) is 7.65. The first-order valence-electron chi connectivity index (χ1n) is 7.52. The van der Waals surface area contributed by atoms with E-state index in [0.717, 1.165) is 13.0 Å². The topological polar surface area (TPSA) is 12.0 Å². The van der Waals surface area contributed by atoms with Gasteiger partial charge in [-0.3, -0.25) is 0 Å². The van der Waals surface area contributed by atoms with Crippen molar-refractivity contribution < 1.29 is 0 Å². The average molecular weight is 316 g/mol. The summed E-state index contributed by atoms with van der Waals surface area (Å²) >= 11 is 3.77. The monoisotopic (exact) mass is 315 g/mol. The fourth-order valence-electron chi connectivity index (χ4n) is 2.64. The predicted molar refractivity (Wildman–Crippen MR) is 95.6 cm³/mol. The molecule has 2 aromatic heterocycles. The van der Waals surface area contributed by atoms with E-state index in [0.29, 0.717) is 6.04 Å². The molecule has 0 aliphatic carbocycles. The molecule has 0 saturated carbocycles. The first-order valence-corrected chi connectivity index (χ1v) is 9.22. The van der Waals surface area contributed by atoms with E-state index < -0.39 is 0 Å². The van der Waals surface area contributed by atoms with Crippen LogP contribution < -0.4 is 5.32 Å². The van der Waals surface area contributed by atoms with Crippen LogP contribution in [0.1, 0.15) is 34.7 Å². The molecule has 0 amide bonds. The first-order chi connectivity index (χ1) is 10.3. The van der Waals surface area contributed by atoms with Crippen LogP contribution in [0.25, 0.3) is 10.1 Å². The van der Waals surface area contributed by atoms with Gasteiger partial charge in [-0.25, -0.2) is 0 Å². The molecule has 0 aliphatic heterocycles. The van der Waals surface area contributed by atoms with Crippen molar-refractivity contribution in [2.45, 2.75) is 32.7 Å². The van der Waals surface area contributed by atoms with Crippen LogP contribution in [0.3, 0.4) is 0 Å². The lowest BCUT2D eigenvalue weighted by atomic mass is 10.0. The summed E-state index contributed by atoms with van der Waals surface area (Å²) in [5, 5.41) is 7.46. The SMILES string of the molecule is CCCNC(Cc1csc2ccccc12)c1ccc(C)s1. The van der Waals surface area contributed by atoms with Crippen LogP contribution in [-0.2, 0) is 6.42 Å². The Morgan fingerprint density at radius 1 is 1.14 bits per heavy atom. The standard InChI is InChI=1S/C18H21NS2/c1-3-10-19-16(18-9-8-13(2)21-18)11-14-12-20-17-7-5-4-6-15(14)17/h4-9,12,16,19H,3,10-11H2,1-2H3. The Bertz CT molecular complexity index is 711. The number of fused-ring (bicyclic) bond motifs is 1. The van der Waals surface area contributed by atoms with Crippen LogP contribution in [0.4, 0.5) is 0 Å². The van der Waals surface area contributed by atoms with Gasteiger partial charge in [-0.1, -0.05) is 25.1 Å². The maximum absolute atomic E-state index is 3.72. The van der Waals surface area contributed by atoms with Crippen molar-refractivity contribution in [3.05, 3.63) is 57.1 Å². The van der Waals surface area contributed by atoms with Gasteiger partial charge in [0.05, 0.1) is 0 Å². The third-order valence-electron chi connectivity index (χ3n) is 3.73. The summed E-state index contributed by atoms with van der Waals surface area (Å²) in [6, 6.07) is 13.7. The van der Waals surface area contributed by atoms with Gasteiger partial charge in [0.2, 0.25) is 0 Å². The molecule has 3 aromatic rings. The summed E-state index contributed by atoms with van der Waals surface area (Å²) in [5.41, 5.74) is 1.47. The van der Waals surface area contributed by atoms with Crippen molar-refractivity contribution in [1.29, 1.82) is 0 Å². The van der Waals surface area contributed by atoms with E-state index in [9.17, 15) is 0 Å². The van der Waals surface area contributed by atoms with Crippen molar-refractivity contribution in [1.82, 2.24) is 5.32 Å². The molecule has 0 radical (unpaired) electrons. The summed E-state index contributed by atoms with van der Waals surface area (Å²) in [6.07, 6.45) is 2.25. The molecule has 1 aromatic carbocycles. The van der Waals surface area contributed by atoms with Crippen molar-refractivity contribution in [3.8, 4) is 0 Å². The highest BCUT2D eigenvalue weighted by molar-refractivity contribution is 7.17. The van der Waals surface area contributed by atoms with Crippen molar-refractivity contribution in [2.75, 3.05) is 6.54 Å². The van der Waals surface area contributed by atoms with Crippen LogP contribution in [0.15, 0.2) is 41.8 Å². The first kappa shape index (κ1) is 14.8. The number of hydrogen-bond donors (Lipinski definition) is 1. The third-order valence-corrected chi connectivity index (χ3v) is 5.86. The molecule has 21 heavy (non-hydrogen) atoms. The molecule has 2 heterocycles. The number of rotatable bonds is 6. The second kappa shape index (κ2) is 6.73. The van der Waals surface area contributed by atoms with E-state index >= 15 is 0 Å². The van der Waals surface area contributed by atoms with Crippen LogP contribution in [0.5, 0.6) is 0 Å². The Labute approximate surface area is 134 Å². The molecule has 0 aliphatic rings. The molecule has 3 heteroatoms.